The lowest BCUT2D eigenvalue weighted by Gasteiger charge is -2.40. The number of rotatable bonds is 3. The zero-order valence-electron chi connectivity index (χ0n) is 17.7. The summed E-state index contributed by atoms with van der Waals surface area (Å²) in [4.78, 5) is 20.3. The fourth-order valence-corrected chi connectivity index (χ4v) is 4.35. The van der Waals surface area contributed by atoms with Gasteiger partial charge in [0.25, 0.3) is 5.91 Å². The van der Waals surface area contributed by atoms with E-state index in [2.05, 4.69) is 29.0 Å². The highest BCUT2D eigenvalue weighted by Gasteiger charge is 2.36. The summed E-state index contributed by atoms with van der Waals surface area (Å²) in [5.74, 6) is 0.572. The Bertz CT molecular complexity index is 1030. The number of benzene rings is 1. The average molecular weight is 431 g/mol. The van der Waals surface area contributed by atoms with Crippen LogP contribution in [0.4, 0.5) is 13.2 Å². The first-order valence-corrected chi connectivity index (χ1v) is 10.1. The largest absolute Gasteiger partial charge is 0.496 e. The number of amides is 1. The van der Waals surface area contributed by atoms with Gasteiger partial charge >= 0.3 is 6.18 Å². The molecule has 2 aliphatic heterocycles. The third-order valence-corrected chi connectivity index (χ3v) is 6.20. The van der Waals surface area contributed by atoms with E-state index >= 15 is 0 Å². The molecule has 0 saturated carbocycles. The molecule has 1 aromatic heterocycles. The Hall–Kier alpha value is -3.03. The van der Waals surface area contributed by atoms with Crippen molar-refractivity contribution in [1.82, 2.24) is 14.8 Å². The normalized spacial score (nSPS) is 18.6. The summed E-state index contributed by atoms with van der Waals surface area (Å²) < 4.78 is 43.6. The maximum atomic E-state index is 12.8. The number of halogens is 3. The molecule has 0 spiro atoms. The molecule has 0 aliphatic carbocycles. The maximum absolute atomic E-state index is 12.8. The van der Waals surface area contributed by atoms with Crippen LogP contribution < -0.4 is 4.74 Å². The second kappa shape index (κ2) is 7.90. The number of alkyl halides is 3. The molecule has 1 saturated heterocycles. The number of piperazine rings is 1. The highest BCUT2D eigenvalue weighted by Crippen LogP contribution is 2.37. The quantitative estimate of drug-likeness (QED) is 0.727. The van der Waals surface area contributed by atoms with Crippen LogP contribution in [0.15, 0.2) is 36.5 Å². The minimum atomic E-state index is -4.52. The molecule has 1 atom stereocenters. The number of carbonyl (C=O) groups is 1. The van der Waals surface area contributed by atoms with E-state index in [1.165, 1.54) is 11.6 Å². The Balaban J connectivity index is 1.47. The molecule has 5 nitrogen and oxygen atoms in total. The highest BCUT2D eigenvalue weighted by atomic mass is 19.4. The fourth-order valence-electron chi connectivity index (χ4n) is 4.35. The van der Waals surface area contributed by atoms with E-state index in [0.717, 1.165) is 41.3 Å². The third kappa shape index (κ3) is 3.86. The first-order valence-electron chi connectivity index (χ1n) is 10.1. The van der Waals surface area contributed by atoms with Gasteiger partial charge in [-0.25, -0.2) is 0 Å². The predicted molar refractivity (Wildman–Crippen MR) is 111 cm³/mol. The smallest absolute Gasteiger partial charge is 0.433 e. The van der Waals surface area contributed by atoms with Gasteiger partial charge in [-0.3, -0.25) is 9.78 Å². The molecule has 1 unspecified atom stereocenters. The third-order valence-electron chi connectivity index (χ3n) is 6.20. The Labute approximate surface area is 179 Å². The van der Waals surface area contributed by atoms with E-state index < -0.39 is 11.9 Å². The van der Waals surface area contributed by atoms with E-state index in [4.69, 9.17) is 4.74 Å². The second-order valence-electron chi connectivity index (χ2n) is 7.92. The zero-order chi connectivity index (χ0) is 22.3. The van der Waals surface area contributed by atoms with Crippen molar-refractivity contribution in [1.29, 1.82) is 0 Å². The summed E-state index contributed by atoms with van der Waals surface area (Å²) >= 11 is 0. The molecule has 1 fully saturated rings. The van der Waals surface area contributed by atoms with E-state index in [9.17, 15) is 18.0 Å². The van der Waals surface area contributed by atoms with Crippen LogP contribution in [-0.4, -0.2) is 53.5 Å². The topological polar surface area (TPSA) is 45.7 Å². The van der Waals surface area contributed by atoms with Gasteiger partial charge in [0.2, 0.25) is 0 Å². The molecule has 164 valence electrons. The number of hydrogen-bond donors (Lipinski definition) is 0. The van der Waals surface area contributed by atoms with Crippen molar-refractivity contribution in [2.45, 2.75) is 32.5 Å². The molecule has 0 bridgehead atoms. The summed E-state index contributed by atoms with van der Waals surface area (Å²) in [5, 5.41) is 0. The first-order chi connectivity index (χ1) is 14.7. The van der Waals surface area contributed by atoms with Gasteiger partial charge in [-0.05, 0) is 55.7 Å². The summed E-state index contributed by atoms with van der Waals surface area (Å²) in [6.07, 6.45) is -0.488. The molecule has 4 rings (SSSR count). The van der Waals surface area contributed by atoms with Gasteiger partial charge in [-0.1, -0.05) is 6.08 Å². The van der Waals surface area contributed by atoms with E-state index in [1.54, 1.807) is 12.0 Å². The summed E-state index contributed by atoms with van der Waals surface area (Å²) in [5.41, 5.74) is 3.77. The van der Waals surface area contributed by atoms with Crippen LogP contribution in [0, 0.1) is 13.8 Å². The number of fused-ring (bicyclic) bond motifs is 1. The highest BCUT2D eigenvalue weighted by molar-refractivity contribution is 5.94. The van der Waals surface area contributed by atoms with Crippen molar-refractivity contribution in [3.8, 4) is 5.75 Å². The van der Waals surface area contributed by atoms with Gasteiger partial charge in [-0.2, -0.15) is 13.2 Å². The number of methoxy groups -OCH3 is 1. The fraction of sp³-hybridized carbons (Fsp3) is 0.391. The molecule has 31 heavy (non-hydrogen) atoms. The number of hydrogen-bond acceptors (Lipinski definition) is 4. The molecule has 0 N–H and O–H groups in total. The molecule has 2 aromatic rings. The first kappa shape index (κ1) is 21.2. The monoisotopic (exact) mass is 431 g/mol. The van der Waals surface area contributed by atoms with Crippen LogP contribution in [0.2, 0.25) is 0 Å². The van der Waals surface area contributed by atoms with Crippen LogP contribution in [0.25, 0.3) is 5.70 Å². The minimum Gasteiger partial charge on any atom is -0.496 e. The van der Waals surface area contributed by atoms with Crippen LogP contribution in [-0.2, 0) is 6.18 Å². The number of nitrogens with zero attached hydrogens (tertiary/aromatic N) is 3. The predicted octanol–water partition coefficient (Wildman–Crippen LogP) is 4.30. The van der Waals surface area contributed by atoms with Crippen molar-refractivity contribution >= 4 is 11.6 Å². The van der Waals surface area contributed by atoms with Crippen molar-refractivity contribution < 1.29 is 22.7 Å². The van der Waals surface area contributed by atoms with Gasteiger partial charge in [0.1, 0.15) is 11.4 Å². The lowest BCUT2D eigenvalue weighted by atomic mass is 9.99. The number of carbonyl (C=O) groups excluding carboxylic acids is 1. The van der Waals surface area contributed by atoms with Crippen molar-refractivity contribution in [2.75, 3.05) is 26.7 Å². The average Bonchev–Trinajstić information content (AvgIpc) is 3.17. The molecular weight excluding hydrogens is 407 g/mol. The van der Waals surface area contributed by atoms with Crippen molar-refractivity contribution in [3.63, 3.8) is 0 Å². The Morgan fingerprint density at radius 1 is 1.13 bits per heavy atom. The molecule has 3 heterocycles. The standard InChI is InChI=1S/C23H24F3N3O2/c1-14-15(2)20(31-3)8-6-18(14)19-7-5-17-13-28(10-11-29(17)19)22(30)16-4-9-21(27-12-16)23(24,25)26/h4,6-9,12,17H,5,10-11,13H2,1-3H3. The Morgan fingerprint density at radius 2 is 1.90 bits per heavy atom. The van der Waals surface area contributed by atoms with Crippen LogP contribution >= 0.6 is 0 Å². The van der Waals surface area contributed by atoms with Gasteiger partial charge in [-0.15, -0.1) is 0 Å². The maximum Gasteiger partial charge on any atom is 0.433 e. The molecular formula is C23H24F3N3O2. The summed E-state index contributed by atoms with van der Waals surface area (Å²) in [7, 11) is 1.66. The molecule has 1 aromatic carbocycles. The molecule has 0 radical (unpaired) electrons. The van der Waals surface area contributed by atoms with Gasteiger partial charge < -0.3 is 14.5 Å². The lowest BCUT2D eigenvalue weighted by Crippen LogP contribution is -2.52. The van der Waals surface area contributed by atoms with Crippen LogP contribution in [0.1, 0.15) is 39.2 Å². The second-order valence-corrected chi connectivity index (χ2v) is 7.92. The molecule has 8 heteroatoms. The van der Waals surface area contributed by atoms with Crippen molar-refractivity contribution in [3.05, 3.63) is 64.5 Å². The van der Waals surface area contributed by atoms with Gasteiger partial charge in [0.15, 0.2) is 0 Å². The summed E-state index contributed by atoms with van der Waals surface area (Å²) in [6.45, 7) is 5.81. The molecule has 1 amide bonds. The van der Waals surface area contributed by atoms with Crippen molar-refractivity contribution in [2.24, 2.45) is 0 Å². The number of pyridine rings is 1. The minimum absolute atomic E-state index is 0.150. The zero-order valence-corrected chi connectivity index (χ0v) is 17.7. The van der Waals surface area contributed by atoms with E-state index in [0.29, 0.717) is 19.6 Å². The van der Waals surface area contributed by atoms with E-state index in [1.807, 2.05) is 13.0 Å². The van der Waals surface area contributed by atoms with E-state index in [-0.39, 0.29) is 17.5 Å². The number of aromatic nitrogens is 1. The Morgan fingerprint density at radius 3 is 2.55 bits per heavy atom. The molecule has 2 aliphatic rings. The lowest BCUT2D eigenvalue weighted by molar-refractivity contribution is -0.141. The SMILES string of the molecule is COc1ccc(C2=CCC3CN(C(=O)c4ccc(C(F)(F)F)nc4)CCN23)c(C)c1C. The van der Waals surface area contributed by atoms with Crippen LogP contribution in [0.5, 0.6) is 5.75 Å². The van der Waals surface area contributed by atoms with Gasteiger partial charge in [0.05, 0.1) is 18.7 Å². The Kier molecular flexibility index (Phi) is 5.41. The summed E-state index contributed by atoms with van der Waals surface area (Å²) in [6, 6.07) is 6.25. The van der Waals surface area contributed by atoms with Crippen LogP contribution in [0.3, 0.4) is 0 Å². The van der Waals surface area contributed by atoms with Gasteiger partial charge in [0, 0.05) is 37.1 Å². The number of ether oxygens (including phenoxy) is 1.